The Morgan fingerprint density at radius 1 is 1.62 bits per heavy atom. The van der Waals surface area contributed by atoms with Gasteiger partial charge in [0.25, 0.3) is 0 Å². The number of Topliss-reactive ketones (excluding diaryl/α,β-unsaturated/α-hetero) is 1. The summed E-state index contributed by atoms with van der Waals surface area (Å²) in [4.78, 5) is 11.2. The molecule has 0 amide bonds. The smallest absolute Gasteiger partial charge is 0.178 e. The van der Waals surface area contributed by atoms with Crippen LogP contribution >= 0.6 is 27.5 Å². The molecule has 0 spiro atoms. The molecule has 1 rings (SSSR count). The summed E-state index contributed by atoms with van der Waals surface area (Å²) in [6.07, 6.45) is 0. The number of carbonyl (C=O) groups is 1. The second kappa shape index (κ2) is 4.20. The Hall–Kier alpha value is -0.410. The number of aryl methyl sites for hydroxylation is 1. The third-order valence-electron chi connectivity index (χ3n) is 1.67. The lowest BCUT2D eigenvalue weighted by Gasteiger charge is -2.03. The molecular formula is C9H7BrClFO. The van der Waals surface area contributed by atoms with Gasteiger partial charge in [-0.3, -0.25) is 4.79 Å². The van der Waals surface area contributed by atoms with Gasteiger partial charge in [0.2, 0.25) is 0 Å². The molecule has 1 aromatic carbocycles. The number of ketones is 1. The van der Waals surface area contributed by atoms with E-state index in [1.165, 1.54) is 12.1 Å². The van der Waals surface area contributed by atoms with E-state index in [9.17, 15) is 9.18 Å². The molecule has 1 nitrogen and oxygen atoms in total. The normalized spacial score (nSPS) is 10.2. The van der Waals surface area contributed by atoms with E-state index < -0.39 is 0 Å². The van der Waals surface area contributed by atoms with E-state index in [4.69, 9.17) is 11.6 Å². The number of hydrogen-bond acceptors (Lipinski definition) is 1. The van der Waals surface area contributed by atoms with E-state index in [1.54, 1.807) is 6.92 Å². The van der Waals surface area contributed by atoms with E-state index in [-0.39, 0.29) is 17.5 Å². The Balaban J connectivity index is 3.23. The first-order valence-corrected chi connectivity index (χ1v) is 4.94. The molecule has 70 valence electrons. The monoisotopic (exact) mass is 264 g/mol. The quantitative estimate of drug-likeness (QED) is 0.592. The van der Waals surface area contributed by atoms with Gasteiger partial charge in [0, 0.05) is 10.0 Å². The van der Waals surface area contributed by atoms with Crippen molar-refractivity contribution in [3.05, 3.63) is 33.5 Å². The number of halogens is 3. The van der Waals surface area contributed by atoms with Crippen molar-refractivity contribution in [1.29, 1.82) is 0 Å². The predicted molar refractivity (Wildman–Crippen MR) is 53.9 cm³/mol. The Morgan fingerprint density at radius 2 is 2.23 bits per heavy atom. The highest BCUT2D eigenvalue weighted by atomic mass is 79.9. The van der Waals surface area contributed by atoms with Gasteiger partial charge in [-0.25, -0.2) is 4.39 Å². The van der Waals surface area contributed by atoms with Crippen molar-refractivity contribution in [2.24, 2.45) is 0 Å². The van der Waals surface area contributed by atoms with Crippen molar-refractivity contribution < 1.29 is 9.18 Å². The minimum atomic E-state index is -0.335. The summed E-state index contributed by atoms with van der Waals surface area (Å²) in [5, 5.41) is 0. The van der Waals surface area contributed by atoms with Crippen molar-refractivity contribution in [2.45, 2.75) is 6.92 Å². The third kappa shape index (κ3) is 2.29. The molecule has 0 fully saturated rings. The molecule has 0 aliphatic carbocycles. The van der Waals surface area contributed by atoms with Gasteiger partial charge in [-0.2, -0.15) is 0 Å². The summed E-state index contributed by atoms with van der Waals surface area (Å²) in [5.74, 6) is -0.640. The third-order valence-corrected chi connectivity index (χ3v) is 2.57. The Bertz CT molecular complexity index is 352. The van der Waals surface area contributed by atoms with Crippen LogP contribution in [0.2, 0.25) is 0 Å². The van der Waals surface area contributed by atoms with Gasteiger partial charge in [-0.1, -0.05) is 0 Å². The topological polar surface area (TPSA) is 17.1 Å². The van der Waals surface area contributed by atoms with Gasteiger partial charge in [0.1, 0.15) is 5.82 Å². The Morgan fingerprint density at radius 3 is 2.77 bits per heavy atom. The van der Waals surface area contributed by atoms with Crippen LogP contribution < -0.4 is 0 Å². The summed E-state index contributed by atoms with van der Waals surface area (Å²) < 4.78 is 13.4. The van der Waals surface area contributed by atoms with Crippen molar-refractivity contribution in [3.8, 4) is 0 Å². The maximum absolute atomic E-state index is 13.0. The highest BCUT2D eigenvalue weighted by Gasteiger charge is 2.11. The molecule has 4 heteroatoms. The standard InChI is InChI=1S/C9H7BrClFO/c1-5-2-6(9(13)4-11)7(10)3-8(5)12/h2-3H,4H2,1H3. The lowest BCUT2D eigenvalue weighted by atomic mass is 10.1. The fourth-order valence-electron chi connectivity index (χ4n) is 0.943. The van der Waals surface area contributed by atoms with Crippen LogP contribution in [0.25, 0.3) is 0 Å². The molecule has 0 aliphatic rings. The van der Waals surface area contributed by atoms with Crippen LogP contribution in [0.5, 0.6) is 0 Å². The fourth-order valence-corrected chi connectivity index (χ4v) is 1.62. The van der Waals surface area contributed by atoms with Gasteiger partial charge in [0.15, 0.2) is 5.78 Å². The Kier molecular flexibility index (Phi) is 3.45. The van der Waals surface area contributed by atoms with Gasteiger partial charge >= 0.3 is 0 Å². The second-order valence-electron chi connectivity index (χ2n) is 2.64. The molecular weight excluding hydrogens is 258 g/mol. The summed E-state index contributed by atoms with van der Waals surface area (Å²) in [6.45, 7) is 1.60. The molecule has 0 aromatic heterocycles. The van der Waals surface area contributed by atoms with E-state index in [2.05, 4.69) is 15.9 Å². The van der Waals surface area contributed by atoms with Gasteiger partial charge in [-0.05, 0) is 40.5 Å². The Labute approximate surface area is 89.0 Å². The molecule has 0 aliphatic heterocycles. The van der Waals surface area contributed by atoms with Crippen molar-refractivity contribution >= 4 is 33.3 Å². The second-order valence-corrected chi connectivity index (χ2v) is 3.76. The number of carbonyl (C=O) groups excluding carboxylic acids is 1. The largest absolute Gasteiger partial charge is 0.293 e. The van der Waals surface area contributed by atoms with E-state index >= 15 is 0 Å². The average molecular weight is 266 g/mol. The zero-order valence-corrected chi connectivity index (χ0v) is 9.25. The zero-order chi connectivity index (χ0) is 10.0. The van der Waals surface area contributed by atoms with Gasteiger partial charge in [0.05, 0.1) is 5.88 Å². The highest BCUT2D eigenvalue weighted by molar-refractivity contribution is 9.10. The first-order chi connectivity index (χ1) is 6.06. The molecule has 0 unspecified atom stereocenters. The number of alkyl halides is 1. The summed E-state index contributed by atoms with van der Waals surface area (Å²) in [5.41, 5.74) is 0.866. The number of benzene rings is 1. The van der Waals surface area contributed by atoms with Crippen LogP contribution in [0.1, 0.15) is 15.9 Å². The van der Waals surface area contributed by atoms with Crippen LogP contribution in [0.4, 0.5) is 4.39 Å². The minimum absolute atomic E-state index is 0.0936. The molecule has 0 saturated heterocycles. The maximum Gasteiger partial charge on any atom is 0.178 e. The van der Waals surface area contributed by atoms with Crippen molar-refractivity contribution in [1.82, 2.24) is 0 Å². The molecule has 0 atom stereocenters. The molecule has 0 radical (unpaired) electrons. The van der Waals surface area contributed by atoms with Crippen molar-refractivity contribution in [2.75, 3.05) is 5.88 Å². The van der Waals surface area contributed by atoms with E-state index in [0.29, 0.717) is 15.6 Å². The lowest BCUT2D eigenvalue weighted by Crippen LogP contribution is -2.02. The van der Waals surface area contributed by atoms with Gasteiger partial charge in [-0.15, -0.1) is 11.6 Å². The van der Waals surface area contributed by atoms with Crippen LogP contribution in [-0.4, -0.2) is 11.7 Å². The molecule has 13 heavy (non-hydrogen) atoms. The zero-order valence-electron chi connectivity index (χ0n) is 6.90. The van der Waals surface area contributed by atoms with Crippen LogP contribution in [-0.2, 0) is 0 Å². The number of rotatable bonds is 2. The maximum atomic E-state index is 13.0. The number of hydrogen-bond donors (Lipinski definition) is 0. The molecule has 0 N–H and O–H groups in total. The highest BCUT2D eigenvalue weighted by Crippen LogP contribution is 2.21. The predicted octanol–water partition coefficient (Wildman–Crippen LogP) is 3.32. The van der Waals surface area contributed by atoms with Crippen LogP contribution in [0.3, 0.4) is 0 Å². The van der Waals surface area contributed by atoms with Gasteiger partial charge < -0.3 is 0 Å². The first-order valence-electron chi connectivity index (χ1n) is 3.61. The average Bonchev–Trinajstić information content (AvgIpc) is 2.10. The van der Waals surface area contributed by atoms with Crippen LogP contribution in [0, 0.1) is 12.7 Å². The van der Waals surface area contributed by atoms with Crippen LogP contribution in [0.15, 0.2) is 16.6 Å². The minimum Gasteiger partial charge on any atom is -0.293 e. The van der Waals surface area contributed by atoms with E-state index in [1.807, 2.05) is 0 Å². The van der Waals surface area contributed by atoms with E-state index in [0.717, 1.165) is 0 Å². The summed E-state index contributed by atoms with van der Waals surface area (Å²) in [7, 11) is 0. The fraction of sp³-hybridized carbons (Fsp3) is 0.222. The SMILES string of the molecule is Cc1cc(C(=O)CCl)c(Br)cc1F. The lowest BCUT2D eigenvalue weighted by molar-refractivity contribution is 0.102. The summed E-state index contributed by atoms with van der Waals surface area (Å²) in [6, 6.07) is 2.76. The molecule has 0 saturated carbocycles. The first kappa shape index (κ1) is 10.7. The van der Waals surface area contributed by atoms with Crippen molar-refractivity contribution in [3.63, 3.8) is 0 Å². The molecule has 1 aromatic rings. The molecule has 0 heterocycles. The summed E-state index contributed by atoms with van der Waals surface area (Å²) >= 11 is 8.49. The molecule has 0 bridgehead atoms.